The van der Waals surface area contributed by atoms with E-state index in [0.29, 0.717) is 11.8 Å². The van der Waals surface area contributed by atoms with Crippen LogP contribution >= 0.6 is 12.8 Å². The minimum Gasteiger partial charge on any atom is -0.484 e. The van der Waals surface area contributed by atoms with Gasteiger partial charge in [0.15, 0.2) is 11.4 Å². The fraction of sp³-hybridized carbons (Fsp3) is 0.154. The van der Waals surface area contributed by atoms with Gasteiger partial charge in [-0.2, -0.15) is 0 Å². The van der Waals surface area contributed by atoms with Crippen LogP contribution < -0.4 is 4.74 Å². The lowest BCUT2D eigenvalue weighted by atomic mass is 10.0. The summed E-state index contributed by atoms with van der Waals surface area (Å²) in [5.74, 6) is -1.50. The number of carbonyl (C=O) groups is 2. The zero-order chi connectivity index (χ0) is 24.9. The Morgan fingerprint density at radius 3 is 2.37 bits per heavy atom. The van der Waals surface area contributed by atoms with E-state index in [9.17, 15) is 14.0 Å². The third-order valence-electron chi connectivity index (χ3n) is 5.28. The molecule has 0 saturated heterocycles. The normalized spacial score (nSPS) is 10.7. The number of fused-ring (bicyclic) bond motifs is 1. The standard InChI is InChI=1S/C26H22FN3O4S/c1-30(35)25(31)22-20-13-18(12-16-8-10-19(27)11-9-16)14-28-21(20)24(23(29-22)26(32)33-2)34-15-17-6-4-3-5-7-17/h3-11,13-14,35H,12,15H2,1-2H3. The highest BCUT2D eigenvalue weighted by Gasteiger charge is 2.26. The van der Waals surface area contributed by atoms with Crippen molar-refractivity contribution in [2.24, 2.45) is 0 Å². The van der Waals surface area contributed by atoms with Crippen molar-refractivity contribution in [2.75, 3.05) is 14.2 Å². The Morgan fingerprint density at radius 1 is 1.00 bits per heavy atom. The number of amides is 1. The Morgan fingerprint density at radius 2 is 1.71 bits per heavy atom. The van der Waals surface area contributed by atoms with E-state index in [-0.39, 0.29) is 35.1 Å². The highest BCUT2D eigenvalue weighted by atomic mass is 32.1. The topological polar surface area (TPSA) is 81.6 Å². The number of hydrogen-bond donors (Lipinski definition) is 1. The van der Waals surface area contributed by atoms with Gasteiger partial charge in [-0.25, -0.2) is 14.2 Å². The smallest absolute Gasteiger partial charge is 0.360 e. The molecule has 2 aromatic heterocycles. The maximum Gasteiger partial charge on any atom is 0.360 e. The number of nitrogens with zero attached hydrogens (tertiary/aromatic N) is 3. The maximum absolute atomic E-state index is 13.3. The third kappa shape index (κ3) is 5.41. The van der Waals surface area contributed by atoms with Gasteiger partial charge in [-0.15, -0.1) is 0 Å². The van der Waals surface area contributed by atoms with Gasteiger partial charge in [0, 0.05) is 18.6 Å². The zero-order valence-corrected chi connectivity index (χ0v) is 20.0. The molecule has 0 aliphatic heterocycles. The molecule has 0 atom stereocenters. The molecule has 7 nitrogen and oxygen atoms in total. The first-order chi connectivity index (χ1) is 16.9. The highest BCUT2D eigenvalue weighted by Crippen LogP contribution is 2.32. The molecule has 0 unspecified atom stereocenters. The molecule has 0 radical (unpaired) electrons. The van der Waals surface area contributed by atoms with Crippen molar-refractivity contribution in [1.29, 1.82) is 0 Å². The lowest BCUT2D eigenvalue weighted by Crippen LogP contribution is -2.21. The number of hydrogen-bond acceptors (Lipinski definition) is 7. The Labute approximate surface area is 207 Å². The first kappa shape index (κ1) is 24.2. The van der Waals surface area contributed by atoms with Gasteiger partial charge in [0.25, 0.3) is 5.91 Å². The molecule has 178 valence electrons. The quantitative estimate of drug-likeness (QED) is 0.300. The molecule has 9 heteroatoms. The van der Waals surface area contributed by atoms with E-state index < -0.39 is 11.9 Å². The molecule has 4 aromatic rings. The second-order valence-electron chi connectivity index (χ2n) is 7.78. The summed E-state index contributed by atoms with van der Waals surface area (Å²) < 4.78 is 25.3. The van der Waals surface area contributed by atoms with Gasteiger partial charge in [0.2, 0.25) is 0 Å². The second kappa shape index (κ2) is 10.5. The van der Waals surface area contributed by atoms with Gasteiger partial charge in [0.05, 0.1) is 7.11 Å². The lowest BCUT2D eigenvalue weighted by Gasteiger charge is -2.17. The van der Waals surface area contributed by atoms with Gasteiger partial charge in [-0.05, 0) is 41.3 Å². The van der Waals surface area contributed by atoms with Crippen molar-refractivity contribution in [3.63, 3.8) is 0 Å². The summed E-state index contributed by atoms with van der Waals surface area (Å²) in [7, 11) is 2.69. The number of rotatable bonds is 7. The Balaban J connectivity index is 1.86. The van der Waals surface area contributed by atoms with E-state index in [0.717, 1.165) is 21.0 Å². The molecule has 0 N–H and O–H groups in total. The van der Waals surface area contributed by atoms with E-state index >= 15 is 0 Å². The summed E-state index contributed by atoms with van der Waals surface area (Å²) in [6.07, 6.45) is 2.08. The SMILES string of the molecule is COC(=O)c1nc(C(=O)N(C)S)c2cc(Cc3ccc(F)cc3)cnc2c1OCc1ccccc1. The highest BCUT2D eigenvalue weighted by molar-refractivity contribution is 7.78. The zero-order valence-electron chi connectivity index (χ0n) is 19.1. The molecule has 0 saturated carbocycles. The van der Waals surface area contributed by atoms with Crippen LogP contribution in [-0.4, -0.2) is 40.3 Å². The third-order valence-corrected chi connectivity index (χ3v) is 5.46. The average Bonchev–Trinajstić information content (AvgIpc) is 2.88. The van der Waals surface area contributed by atoms with Gasteiger partial charge >= 0.3 is 5.97 Å². The van der Waals surface area contributed by atoms with Crippen LogP contribution in [0.1, 0.15) is 37.7 Å². The first-order valence-corrected chi connectivity index (χ1v) is 11.1. The summed E-state index contributed by atoms with van der Waals surface area (Å²) in [6, 6.07) is 17.3. The maximum atomic E-state index is 13.3. The number of esters is 1. The number of pyridine rings is 2. The number of ether oxygens (including phenoxy) is 2. The van der Waals surface area contributed by atoms with Crippen molar-refractivity contribution >= 4 is 35.6 Å². The van der Waals surface area contributed by atoms with Gasteiger partial charge in [-0.1, -0.05) is 55.3 Å². The monoisotopic (exact) mass is 491 g/mol. The van der Waals surface area contributed by atoms with Crippen molar-refractivity contribution in [3.8, 4) is 5.75 Å². The molecule has 1 amide bonds. The predicted octanol–water partition coefficient (Wildman–Crippen LogP) is 4.64. The summed E-state index contributed by atoms with van der Waals surface area (Å²) in [5.41, 5.74) is 2.62. The van der Waals surface area contributed by atoms with E-state index in [1.165, 1.54) is 26.3 Å². The molecule has 0 aliphatic carbocycles. The van der Waals surface area contributed by atoms with Crippen LogP contribution in [0.3, 0.4) is 0 Å². The van der Waals surface area contributed by atoms with Crippen LogP contribution in [0.5, 0.6) is 5.75 Å². The summed E-state index contributed by atoms with van der Waals surface area (Å²) in [6.45, 7) is 0.153. The fourth-order valence-electron chi connectivity index (χ4n) is 3.56. The number of thiol groups is 1. The summed E-state index contributed by atoms with van der Waals surface area (Å²) in [4.78, 5) is 34.4. The Bertz CT molecular complexity index is 1380. The number of benzene rings is 2. The van der Waals surface area contributed by atoms with Crippen LogP contribution in [0.25, 0.3) is 10.9 Å². The predicted molar refractivity (Wildman–Crippen MR) is 132 cm³/mol. The van der Waals surface area contributed by atoms with Gasteiger partial charge in [-0.3, -0.25) is 14.1 Å². The van der Waals surface area contributed by atoms with Crippen LogP contribution in [0, 0.1) is 5.82 Å². The molecular formula is C26H22FN3O4S. The lowest BCUT2D eigenvalue weighted by molar-refractivity contribution is 0.0588. The van der Waals surface area contributed by atoms with Crippen molar-refractivity contribution in [3.05, 3.63) is 101 Å². The fourth-order valence-corrected chi connectivity index (χ4v) is 3.65. The van der Waals surface area contributed by atoms with Crippen molar-refractivity contribution in [1.82, 2.24) is 14.3 Å². The van der Waals surface area contributed by atoms with Gasteiger partial charge < -0.3 is 9.47 Å². The minimum atomic E-state index is -0.761. The van der Waals surface area contributed by atoms with Crippen LogP contribution in [0.15, 0.2) is 66.9 Å². The molecule has 0 fully saturated rings. The molecule has 2 heterocycles. The molecular weight excluding hydrogens is 469 g/mol. The van der Waals surface area contributed by atoms with E-state index in [4.69, 9.17) is 9.47 Å². The molecule has 0 bridgehead atoms. The molecule has 4 rings (SSSR count). The van der Waals surface area contributed by atoms with E-state index in [1.54, 1.807) is 24.4 Å². The van der Waals surface area contributed by atoms with Crippen LogP contribution in [-0.2, 0) is 17.8 Å². The summed E-state index contributed by atoms with van der Waals surface area (Å²) >= 11 is 4.11. The van der Waals surface area contributed by atoms with Gasteiger partial charge in [0.1, 0.15) is 23.6 Å². The molecule has 2 aromatic carbocycles. The van der Waals surface area contributed by atoms with E-state index in [2.05, 4.69) is 22.8 Å². The second-order valence-corrected chi connectivity index (χ2v) is 8.38. The number of carbonyl (C=O) groups excluding carboxylic acids is 2. The number of aromatic nitrogens is 2. The molecule has 0 spiro atoms. The number of halogens is 1. The average molecular weight is 492 g/mol. The van der Waals surface area contributed by atoms with E-state index in [1.807, 2.05) is 30.3 Å². The van der Waals surface area contributed by atoms with Crippen molar-refractivity contribution < 1.29 is 23.5 Å². The largest absolute Gasteiger partial charge is 0.484 e. The molecule has 0 aliphatic rings. The minimum absolute atomic E-state index is 0.0154. The van der Waals surface area contributed by atoms with Crippen LogP contribution in [0.2, 0.25) is 0 Å². The summed E-state index contributed by atoms with van der Waals surface area (Å²) in [5, 5.41) is 0.395. The molecule has 35 heavy (non-hydrogen) atoms. The van der Waals surface area contributed by atoms with Crippen LogP contribution in [0.4, 0.5) is 4.39 Å². The first-order valence-electron chi connectivity index (χ1n) is 10.7. The number of methoxy groups -OCH3 is 1. The Kier molecular flexibility index (Phi) is 7.26. The Hall–Kier alpha value is -3.98. The van der Waals surface area contributed by atoms with Crippen molar-refractivity contribution in [2.45, 2.75) is 13.0 Å².